The van der Waals surface area contributed by atoms with Crippen LogP contribution >= 0.6 is 11.6 Å². The Kier molecular flexibility index (Phi) is 6.29. The highest BCUT2D eigenvalue weighted by Gasteiger charge is 2.26. The van der Waals surface area contributed by atoms with Gasteiger partial charge in [0.25, 0.3) is 0 Å². The number of hydrogen-bond donors (Lipinski definition) is 1. The Bertz CT molecular complexity index is 826. The van der Waals surface area contributed by atoms with Crippen LogP contribution in [0.15, 0.2) is 53.7 Å². The van der Waals surface area contributed by atoms with E-state index in [9.17, 15) is 9.18 Å². The van der Waals surface area contributed by atoms with E-state index in [0.29, 0.717) is 31.1 Å². The molecule has 0 spiro atoms. The number of amides is 2. The summed E-state index contributed by atoms with van der Waals surface area (Å²) >= 11 is 5.92. The van der Waals surface area contributed by atoms with E-state index in [1.165, 1.54) is 12.1 Å². The average Bonchev–Trinajstić information content (AvgIpc) is 3.10. The van der Waals surface area contributed by atoms with Crippen molar-refractivity contribution in [3.8, 4) is 0 Å². The number of carbonyl (C=O) groups is 1. The molecule has 1 unspecified atom stereocenters. The molecule has 0 aromatic heterocycles. The summed E-state index contributed by atoms with van der Waals surface area (Å²) in [6, 6.07) is 13.4. The number of rotatable bonds is 6. The van der Waals surface area contributed by atoms with Crippen LogP contribution in [0.5, 0.6) is 0 Å². The van der Waals surface area contributed by atoms with Gasteiger partial charge in [-0.3, -0.25) is 0 Å². The molecule has 27 heavy (non-hydrogen) atoms. The number of benzene rings is 2. The van der Waals surface area contributed by atoms with E-state index in [1.807, 2.05) is 19.1 Å². The van der Waals surface area contributed by atoms with Gasteiger partial charge in [-0.25, -0.2) is 9.18 Å². The molecule has 7 heteroatoms. The number of hydrogen-bond acceptors (Lipinski definition) is 3. The van der Waals surface area contributed by atoms with Gasteiger partial charge in [0.2, 0.25) is 0 Å². The van der Waals surface area contributed by atoms with Gasteiger partial charge in [0.1, 0.15) is 5.82 Å². The predicted octanol–water partition coefficient (Wildman–Crippen LogP) is 4.20. The first kappa shape index (κ1) is 19.2. The molecule has 0 saturated carbocycles. The quantitative estimate of drug-likeness (QED) is 0.804. The van der Waals surface area contributed by atoms with Crippen LogP contribution in [0.1, 0.15) is 24.5 Å². The minimum atomic E-state index is -0.325. The molecule has 1 aliphatic rings. The maximum absolute atomic E-state index is 13.5. The van der Waals surface area contributed by atoms with Crippen LogP contribution in [-0.4, -0.2) is 35.8 Å². The molecule has 2 aromatic carbocycles. The zero-order valence-electron chi connectivity index (χ0n) is 15.0. The Morgan fingerprint density at radius 2 is 2.11 bits per heavy atom. The van der Waals surface area contributed by atoms with Crippen LogP contribution in [-0.2, 0) is 11.4 Å². The fourth-order valence-corrected chi connectivity index (χ4v) is 3.05. The molecule has 3 rings (SSSR count). The molecule has 1 aliphatic heterocycles. The van der Waals surface area contributed by atoms with Gasteiger partial charge in [0.15, 0.2) is 6.10 Å². The maximum Gasteiger partial charge on any atom is 0.317 e. The summed E-state index contributed by atoms with van der Waals surface area (Å²) in [5, 5.41) is 7.60. The van der Waals surface area contributed by atoms with E-state index in [1.54, 1.807) is 29.2 Å². The van der Waals surface area contributed by atoms with Crippen molar-refractivity contribution < 1.29 is 14.0 Å². The standard InChI is InChI=1S/C20H21ClFN3O2/c1-2-23-20(26)25(12-14-4-3-5-17(22)10-14)13-18-11-19(24-27-18)15-6-8-16(21)9-7-15/h3-10,18H,2,11-13H2,1H3,(H,23,26). The summed E-state index contributed by atoms with van der Waals surface area (Å²) < 4.78 is 13.5. The molecule has 0 bridgehead atoms. The SMILES string of the molecule is CCNC(=O)N(Cc1cccc(F)c1)CC1CC(c2ccc(Cl)cc2)=NO1. The topological polar surface area (TPSA) is 53.9 Å². The molecule has 0 fully saturated rings. The third-order valence-corrected chi connectivity index (χ3v) is 4.46. The zero-order valence-corrected chi connectivity index (χ0v) is 15.7. The van der Waals surface area contributed by atoms with Crippen LogP contribution in [0, 0.1) is 5.82 Å². The second kappa shape index (κ2) is 8.86. The average molecular weight is 390 g/mol. The number of halogens is 2. The monoisotopic (exact) mass is 389 g/mol. The van der Waals surface area contributed by atoms with Gasteiger partial charge in [-0.15, -0.1) is 0 Å². The van der Waals surface area contributed by atoms with E-state index in [4.69, 9.17) is 16.4 Å². The first-order valence-electron chi connectivity index (χ1n) is 8.81. The molecule has 1 N–H and O–H groups in total. The lowest BCUT2D eigenvalue weighted by atomic mass is 10.0. The molecule has 0 saturated heterocycles. The van der Waals surface area contributed by atoms with Crippen LogP contribution in [0.3, 0.4) is 0 Å². The van der Waals surface area contributed by atoms with Crippen LogP contribution in [0.2, 0.25) is 5.02 Å². The van der Waals surface area contributed by atoms with E-state index in [2.05, 4.69) is 10.5 Å². The van der Waals surface area contributed by atoms with Gasteiger partial charge in [0.05, 0.1) is 12.3 Å². The normalized spacial score (nSPS) is 15.8. The van der Waals surface area contributed by atoms with Crippen molar-refractivity contribution in [2.24, 2.45) is 5.16 Å². The van der Waals surface area contributed by atoms with Gasteiger partial charge in [-0.1, -0.05) is 41.0 Å². The number of carbonyl (C=O) groups excluding carboxylic acids is 1. The van der Waals surface area contributed by atoms with Crippen LogP contribution in [0.4, 0.5) is 9.18 Å². The summed E-state index contributed by atoms with van der Waals surface area (Å²) in [6.45, 7) is 3.01. The molecule has 5 nitrogen and oxygen atoms in total. The molecule has 0 aliphatic carbocycles. The Balaban J connectivity index is 1.66. The largest absolute Gasteiger partial charge is 0.390 e. The van der Waals surface area contributed by atoms with Crippen molar-refractivity contribution >= 4 is 23.3 Å². The molecule has 1 heterocycles. The van der Waals surface area contributed by atoms with Crippen molar-refractivity contribution in [3.05, 3.63) is 70.5 Å². The minimum absolute atomic E-state index is 0.217. The lowest BCUT2D eigenvalue weighted by Gasteiger charge is -2.25. The van der Waals surface area contributed by atoms with Crippen molar-refractivity contribution in [3.63, 3.8) is 0 Å². The zero-order chi connectivity index (χ0) is 19.2. The Hall–Kier alpha value is -2.60. The fraction of sp³-hybridized carbons (Fsp3) is 0.300. The van der Waals surface area contributed by atoms with E-state index in [0.717, 1.165) is 16.8 Å². The molecule has 2 aromatic rings. The molecular formula is C20H21ClFN3O2. The lowest BCUT2D eigenvalue weighted by molar-refractivity contribution is 0.0590. The summed E-state index contributed by atoms with van der Waals surface area (Å²) in [5.74, 6) is -0.325. The lowest BCUT2D eigenvalue weighted by Crippen LogP contribution is -2.43. The highest BCUT2D eigenvalue weighted by Crippen LogP contribution is 2.20. The summed E-state index contributed by atoms with van der Waals surface area (Å²) in [5.41, 5.74) is 2.48. The highest BCUT2D eigenvalue weighted by atomic mass is 35.5. The number of nitrogens with one attached hydrogen (secondary N) is 1. The molecule has 2 amide bonds. The third kappa shape index (κ3) is 5.20. The second-order valence-electron chi connectivity index (χ2n) is 6.32. The summed E-state index contributed by atoms with van der Waals surface area (Å²) in [4.78, 5) is 19.6. The molecule has 0 radical (unpaired) electrons. The van der Waals surface area contributed by atoms with Gasteiger partial charge in [-0.2, -0.15) is 0 Å². The van der Waals surface area contributed by atoms with Crippen LogP contribution in [0.25, 0.3) is 0 Å². The molecular weight excluding hydrogens is 369 g/mol. The number of oxime groups is 1. The first-order valence-corrected chi connectivity index (χ1v) is 9.18. The first-order chi connectivity index (χ1) is 13.0. The van der Waals surface area contributed by atoms with Gasteiger partial charge in [-0.05, 0) is 42.3 Å². The Morgan fingerprint density at radius 3 is 2.81 bits per heavy atom. The van der Waals surface area contributed by atoms with Gasteiger partial charge >= 0.3 is 6.03 Å². The number of nitrogens with zero attached hydrogens (tertiary/aromatic N) is 2. The van der Waals surface area contributed by atoms with E-state index in [-0.39, 0.29) is 18.0 Å². The molecule has 1 atom stereocenters. The number of urea groups is 1. The van der Waals surface area contributed by atoms with E-state index < -0.39 is 0 Å². The van der Waals surface area contributed by atoms with Crippen molar-refractivity contribution in [2.45, 2.75) is 26.0 Å². The van der Waals surface area contributed by atoms with Crippen LogP contribution < -0.4 is 5.32 Å². The van der Waals surface area contributed by atoms with Gasteiger partial charge < -0.3 is 15.1 Å². The summed E-state index contributed by atoms with van der Waals surface area (Å²) in [7, 11) is 0. The smallest absolute Gasteiger partial charge is 0.317 e. The van der Waals surface area contributed by atoms with E-state index >= 15 is 0 Å². The fourth-order valence-electron chi connectivity index (χ4n) is 2.92. The van der Waals surface area contributed by atoms with Crippen molar-refractivity contribution in [1.82, 2.24) is 10.2 Å². The maximum atomic E-state index is 13.5. The van der Waals surface area contributed by atoms with Crippen molar-refractivity contribution in [1.29, 1.82) is 0 Å². The highest BCUT2D eigenvalue weighted by molar-refractivity contribution is 6.30. The van der Waals surface area contributed by atoms with Crippen molar-refractivity contribution in [2.75, 3.05) is 13.1 Å². The summed E-state index contributed by atoms with van der Waals surface area (Å²) in [6.07, 6.45) is 0.326. The minimum Gasteiger partial charge on any atom is -0.390 e. The Morgan fingerprint density at radius 1 is 1.33 bits per heavy atom. The van der Waals surface area contributed by atoms with Gasteiger partial charge in [0, 0.05) is 24.5 Å². The second-order valence-corrected chi connectivity index (χ2v) is 6.76. The Labute approximate surface area is 162 Å². The predicted molar refractivity (Wildman–Crippen MR) is 103 cm³/mol. The third-order valence-electron chi connectivity index (χ3n) is 4.21. The molecule has 142 valence electrons.